The van der Waals surface area contributed by atoms with Gasteiger partial charge in [0, 0.05) is 23.2 Å². The quantitative estimate of drug-likeness (QED) is 0.407. The molecule has 0 aliphatic carbocycles. The van der Waals surface area contributed by atoms with E-state index in [0.717, 1.165) is 56.7 Å². The molecule has 0 bridgehead atoms. The number of thiophene rings is 1. The number of hydrogen-bond donors (Lipinski definition) is 1. The molecule has 3 heterocycles. The zero-order valence-corrected chi connectivity index (χ0v) is 16.5. The molecule has 0 spiro atoms. The van der Waals surface area contributed by atoms with Crippen LogP contribution in [0.1, 0.15) is 5.76 Å². The molecule has 0 radical (unpaired) electrons. The maximum Gasteiger partial charge on any atom is 0.138 e. The molecule has 1 aromatic carbocycles. The lowest BCUT2D eigenvalue weighted by molar-refractivity contribution is 0.415. The molecule has 0 aliphatic heterocycles. The van der Waals surface area contributed by atoms with E-state index < -0.39 is 0 Å². The summed E-state index contributed by atoms with van der Waals surface area (Å²) in [6.45, 7) is 0.829. The van der Waals surface area contributed by atoms with Gasteiger partial charge < -0.3 is 14.5 Å². The highest BCUT2D eigenvalue weighted by molar-refractivity contribution is 7.98. The summed E-state index contributed by atoms with van der Waals surface area (Å²) in [6.07, 6.45) is 3.33. The Morgan fingerprint density at radius 3 is 2.85 bits per heavy atom. The van der Waals surface area contributed by atoms with E-state index in [9.17, 15) is 0 Å². The molecular formula is C20H19N3O2S2. The number of ether oxygens (including phenoxy) is 1. The van der Waals surface area contributed by atoms with Crippen LogP contribution in [0, 0.1) is 0 Å². The van der Waals surface area contributed by atoms with Gasteiger partial charge in [0.15, 0.2) is 0 Å². The summed E-state index contributed by atoms with van der Waals surface area (Å²) in [4.78, 5) is 9.89. The van der Waals surface area contributed by atoms with Crippen molar-refractivity contribution in [3.05, 3.63) is 60.1 Å². The number of furan rings is 1. The lowest BCUT2D eigenvalue weighted by atomic mass is 10.1. The second-order valence-corrected chi connectivity index (χ2v) is 7.80. The molecule has 4 aromatic rings. The zero-order chi connectivity index (χ0) is 18.5. The fourth-order valence-electron chi connectivity index (χ4n) is 2.80. The smallest absolute Gasteiger partial charge is 0.138 e. The van der Waals surface area contributed by atoms with Crippen LogP contribution < -0.4 is 10.1 Å². The monoisotopic (exact) mass is 397 g/mol. The average molecular weight is 398 g/mol. The van der Waals surface area contributed by atoms with Gasteiger partial charge in [-0.05, 0) is 29.8 Å². The SMILES string of the molecule is COc1ccc(-c2csc3ncnc(NCCSCc4ccco4)c23)cc1. The topological polar surface area (TPSA) is 60.2 Å². The molecular weight excluding hydrogens is 378 g/mol. The maximum atomic E-state index is 5.36. The van der Waals surface area contributed by atoms with Crippen molar-refractivity contribution >= 4 is 39.1 Å². The van der Waals surface area contributed by atoms with Crippen LogP contribution in [-0.4, -0.2) is 29.4 Å². The Morgan fingerprint density at radius 1 is 1.19 bits per heavy atom. The van der Waals surface area contributed by atoms with Crippen molar-refractivity contribution in [2.24, 2.45) is 0 Å². The summed E-state index contributed by atoms with van der Waals surface area (Å²) in [6, 6.07) is 12.0. The molecule has 4 rings (SSSR count). The van der Waals surface area contributed by atoms with E-state index in [0.29, 0.717) is 0 Å². The first-order valence-corrected chi connectivity index (χ1v) is 10.6. The number of benzene rings is 1. The van der Waals surface area contributed by atoms with Crippen LogP contribution in [0.4, 0.5) is 5.82 Å². The van der Waals surface area contributed by atoms with Crippen LogP contribution in [0.3, 0.4) is 0 Å². The van der Waals surface area contributed by atoms with Crippen molar-refractivity contribution in [2.75, 3.05) is 24.7 Å². The van der Waals surface area contributed by atoms with E-state index in [4.69, 9.17) is 9.15 Å². The third-order valence-electron chi connectivity index (χ3n) is 4.13. The van der Waals surface area contributed by atoms with E-state index in [1.54, 1.807) is 31.0 Å². The first-order valence-electron chi connectivity index (χ1n) is 8.56. The molecule has 0 fully saturated rings. The Balaban J connectivity index is 1.48. The van der Waals surface area contributed by atoms with Gasteiger partial charge in [-0.3, -0.25) is 0 Å². The number of nitrogens with one attached hydrogen (secondary N) is 1. The molecule has 5 nitrogen and oxygen atoms in total. The number of methoxy groups -OCH3 is 1. The highest BCUT2D eigenvalue weighted by atomic mass is 32.2. The number of rotatable bonds is 8. The Labute approximate surface area is 165 Å². The molecule has 7 heteroatoms. The van der Waals surface area contributed by atoms with Gasteiger partial charge in [0.2, 0.25) is 0 Å². The van der Waals surface area contributed by atoms with E-state index in [-0.39, 0.29) is 0 Å². The number of hydrogen-bond acceptors (Lipinski definition) is 7. The number of aromatic nitrogens is 2. The van der Waals surface area contributed by atoms with Gasteiger partial charge in [-0.1, -0.05) is 12.1 Å². The third-order valence-corrected chi connectivity index (χ3v) is 6.00. The van der Waals surface area contributed by atoms with Crippen LogP contribution >= 0.6 is 23.1 Å². The number of fused-ring (bicyclic) bond motifs is 1. The largest absolute Gasteiger partial charge is 0.497 e. The molecule has 0 atom stereocenters. The molecule has 0 aliphatic rings. The molecule has 0 saturated heterocycles. The van der Waals surface area contributed by atoms with Crippen molar-refractivity contribution in [1.29, 1.82) is 0 Å². The normalized spacial score (nSPS) is 11.0. The van der Waals surface area contributed by atoms with Gasteiger partial charge in [0.1, 0.15) is 28.5 Å². The highest BCUT2D eigenvalue weighted by Crippen LogP contribution is 2.36. The molecule has 0 unspecified atom stereocenters. The van der Waals surface area contributed by atoms with Crippen molar-refractivity contribution in [2.45, 2.75) is 5.75 Å². The minimum atomic E-state index is 0.829. The zero-order valence-electron chi connectivity index (χ0n) is 14.8. The third kappa shape index (κ3) is 4.09. The summed E-state index contributed by atoms with van der Waals surface area (Å²) < 4.78 is 10.6. The predicted octanol–water partition coefficient (Wildman–Crippen LogP) is 5.31. The van der Waals surface area contributed by atoms with E-state index in [2.05, 4.69) is 32.8 Å². The van der Waals surface area contributed by atoms with Crippen LogP contribution in [0.5, 0.6) is 5.75 Å². The number of thioether (sulfide) groups is 1. The van der Waals surface area contributed by atoms with Gasteiger partial charge in [-0.2, -0.15) is 11.8 Å². The highest BCUT2D eigenvalue weighted by Gasteiger charge is 2.13. The molecule has 1 N–H and O–H groups in total. The second kappa shape index (κ2) is 8.45. The first kappa shape index (κ1) is 17.9. The van der Waals surface area contributed by atoms with Crippen molar-refractivity contribution in [3.8, 4) is 16.9 Å². The van der Waals surface area contributed by atoms with Crippen molar-refractivity contribution in [1.82, 2.24) is 9.97 Å². The summed E-state index contributed by atoms with van der Waals surface area (Å²) in [7, 11) is 1.68. The summed E-state index contributed by atoms with van der Waals surface area (Å²) in [5.41, 5.74) is 2.27. The van der Waals surface area contributed by atoms with Crippen LogP contribution in [0.25, 0.3) is 21.3 Å². The minimum absolute atomic E-state index is 0.829. The van der Waals surface area contributed by atoms with Crippen LogP contribution in [0.2, 0.25) is 0 Å². The maximum absolute atomic E-state index is 5.36. The fourth-order valence-corrected chi connectivity index (χ4v) is 4.47. The van der Waals surface area contributed by atoms with Gasteiger partial charge >= 0.3 is 0 Å². The van der Waals surface area contributed by atoms with E-state index >= 15 is 0 Å². The molecule has 138 valence electrons. The molecule has 0 amide bonds. The predicted molar refractivity (Wildman–Crippen MR) is 113 cm³/mol. The van der Waals surface area contributed by atoms with Gasteiger partial charge in [-0.15, -0.1) is 11.3 Å². The molecule has 0 saturated carbocycles. The first-order chi connectivity index (χ1) is 13.3. The lowest BCUT2D eigenvalue weighted by Crippen LogP contribution is -2.06. The molecule has 3 aromatic heterocycles. The van der Waals surface area contributed by atoms with Crippen LogP contribution in [-0.2, 0) is 5.75 Å². The van der Waals surface area contributed by atoms with E-state index in [1.807, 2.05) is 36.0 Å². The number of anilines is 1. The van der Waals surface area contributed by atoms with Crippen LogP contribution in [0.15, 0.2) is 58.8 Å². The second-order valence-electron chi connectivity index (χ2n) is 5.84. The standard InChI is InChI=1S/C20H19N3O2S2/c1-24-15-6-4-14(5-7-15)17-12-27-20-18(17)19(22-13-23-20)21-8-10-26-11-16-3-2-9-25-16/h2-7,9,12-13H,8,10-11H2,1H3,(H,21,22,23). The Bertz CT molecular complexity index is 998. The Hall–Kier alpha value is -2.51. The summed E-state index contributed by atoms with van der Waals surface area (Å²) >= 11 is 3.47. The minimum Gasteiger partial charge on any atom is -0.497 e. The molecule has 27 heavy (non-hydrogen) atoms. The summed E-state index contributed by atoms with van der Waals surface area (Å²) in [5.74, 6) is 4.58. The fraction of sp³-hybridized carbons (Fsp3) is 0.200. The number of nitrogens with zero attached hydrogens (tertiary/aromatic N) is 2. The Kier molecular flexibility index (Phi) is 5.60. The van der Waals surface area contributed by atoms with Crippen molar-refractivity contribution < 1.29 is 9.15 Å². The van der Waals surface area contributed by atoms with Gasteiger partial charge in [0.05, 0.1) is 24.5 Å². The average Bonchev–Trinajstić information content (AvgIpc) is 3.38. The Morgan fingerprint density at radius 2 is 2.07 bits per heavy atom. The van der Waals surface area contributed by atoms with E-state index in [1.165, 1.54) is 0 Å². The summed E-state index contributed by atoms with van der Waals surface area (Å²) in [5, 5.41) is 6.68. The van der Waals surface area contributed by atoms with Gasteiger partial charge in [-0.25, -0.2) is 9.97 Å². The van der Waals surface area contributed by atoms with Crippen molar-refractivity contribution in [3.63, 3.8) is 0 Å². The lowest BCUT2D eigenvalue weighted by Gasteiger charge is -2.08. The van der Waals surface area contributed by atoms with Gasteiger partial charge in [0.25, 0.3) is 0 Å².